The maximum atomic E-state index is 13.8. The molecule has 0 fully saturated rings. The van der Waals surface area contributed by atoms with Gasteiger partial charge in [0.1, 0.15) is 12.4 Å². The number of ether oxygens (including phenoxy) is 2. The van der Waals surface area contributed by atoms with E-state index >= 15 is 0 Å². The van der Waals surface area contributed by atoms with Gasteiger partial charge in [-0.3, -0.25) is 9.69 Å². The molecule has 5 nitrogen and oxygen atoms in total. The maximum absolute atomic E-state index is 13.8. The molecule has 2 rings (SSSR count). The largest absolute Gasteiger partial charge is 0.493 e. The number of benzene rings is 2. The first-order valence-corrected chi connectivity index (χ1v) is 10.8. The van der Waals surface area contributed by atoms with Gasteiger partial charge in [-0.25, -0.2) is 4.39 Å². The van der Waals surface area contributed by atoms with Gasteiger partial charge in [-0.05, 0) is 56.3 Å². The summed E-state index contributed by atoms with van der Waals surface area (Å²) in [4.78, 5) is 14.6. The van der Waals surface area contributed by atoms with Gasteiger partial charge in [-0.2, -0.15) is 0 Å². The van der Waals surface area contributed by atoms with Crippen LogP contribution in [0.3, 0.4) is 0 Å². The monoisotopic (exact) mass is 448 g/mol. The molecule has 0 aliphatic carbocycles. The van der Waals surface area contributed by atoms with Gasteiger partial charge in [-0.15, -0.1) is 0 Å². The summed E-state index contributed by atoms with van der Waals surface area (Å²) in [7, 11) is 1.57. The molecule has 0 unspecified atom stereocenters. The minimum atomic E-state index is -0.489. The van der Waals surface area contributed by atoms with E-state index in [4.69, 9.17) is 21.1 Å². The van der Waals surface area contributed by atoms with E-state index in [2.05, 4.69) is 24.1 Å². The van der Waals surface area contributed by atoms with Crippen molar-refractivity contribution < 1.29 is 18.7 Å². The van der Waals surface area contributed by atoms with Crippen molar-refractivity contribution in [2.75, 3.05) is 38.7 Å². The van der Waals surface area contributed by atoms with Gasteiger partial charge in [0.25, 0.3) is 0 Å². The zero-order chi connectivity index (χ0) is 22.6. The van der Waals surface area contributed by atoms with Crippen molar-refractivity contribution >= 4 is 29.3 Å². The fraction of sp³-hybridized carbons (Fsp3) is 0.375. The van der Waals surface area contributed by atoms with Gasteiger partial charge in [0, 0.05) is 29.9 Å². The number of amides is 1. The molecule has 1 N–H and O–H groups in total. The molecule has 0 atom stereocenters. The highest BCUT2D eigenvalue weighted by Gasteiger charge is 2.10. The maximum Gasteiger partial charge on any atom is 0.248 e. The molecule has 168 valence electrons. The quantitative estimate of drug-likeness (QED) is 0.427. The van der Waals surface area contributed by atoms with Crippen LogP contribution < -0.4 is 14.8 Å². The molecule has 0 heterocycles. The van der Waals surface area contributed by atoms with Crippen LogP contribution in [-0.4, -0.2) is 44.2 Å². The summed E-state index contributed by atoms with van der Waals surface area (Å²) in [5.41, 5.74) is 0.714. The van der Waals surface area contributed by atoms with Crippen LogP contribution in [0.1, 0.15) is 32.3 Å². The third-order valence-electron chi connectivity index (χ3n) is 4.58. The lowest BCUT2D eigenvalue weighted by Crippen LogP contribution is -2.30. The summed E-state index contributed by atoms with van der Waals surface area (Å²) in [6, 6.07) is 9.53. The van der Waals surface area contributed by atoms with Crippen molar-refractivity contribution in [2.24, 2.45) is 0 Å². The van der Waals surface area contributed by atoms with Crippen LogP contribution in [0, 0.1) is 5.82 Å². The van der Waals surface area contributed by atoms with E-state index < -0.39 is 11.7 Å². The predicted octanol–water partition coefficient (Wildman–Crippen LogP) is 5.64. The summed E-state index contributed by atoms with van der Waals surface area (Å²) in [5.74, 6) is 0.239. The van der Waals surface area contributed by atoms with E-state index in [1.54, 1.807) is 31.4 Å². The first kappa shape index (κ1) is 24.7. The van der Waals surface area contributed by atoms with Crippen molar-refractivity contribution in [1.82, 2.24) is 4.90 Å². The standard InChI is InChI=1S/C24H30ClFN2O3/c1-4-13-28(14-5-2)15-16-31-23-17-18(9-11-22(23)30-3)27-24(29)12-10-19-20(25)7-6-8-21(19)26/h6-12,17H,4-5,13-16H2,1-3H3,(H,27,29). The van der Waals surface area contributed by atoms with Gasteiger partial charge in [0.15, 0.2) is 11.5 Å². The Labute approximate surface area is 188 Å². The highest BCUT2D eigenvalue weighted by molar-refractivity contribution is 6.32. The van der Waals surface area contributed by atoms with Crippen molar-refractivity contribution in [3.63, 3.8) is 0 Å². The third kappa shape index (κ3) is 7.89. The van der Waals surface area contributed by atoms with Crippen LogP contribution in [0.4, 0.5) is 10.1 Å². The summed E-state index contributed by atoms with van der Waals surface area (Å²) in [5, 5.41) is 2.99. The molecule has 2 aromatic carbocycles. The summed E-state index contributed by atoms with van der Waals surface area (Å²) in [6.45, 7) is 7.71. The van der Waals surface area contributed by atoms with Crippen LogP contribution >= 0.6 is 11.6 Å². The fourth-order valence-corrected chi connectivity index (χ4v) is 3.36. The van der Waals surface area contributed by atoms with E-state index in [0.29, 0.717) is 23.8 Å². The number of halogens is 2. The van der Waals surface area contributed by atoms with Gasteiger partial charge < -0.3 is 14.8 Å². The topological polar surface area (TPSA) is 50.8 Å². The second-order valence-corrected chi connectivity index (χ2v) is 7.42. The molecule has 0 aliphatic heterocycles. The lowest BCUT2D eigenvalue weighted by atomic mass is 10.2. The average molecular weight is 449 g/mol. The first-order valence-electron chi connectivity index (χ1n) is 10.4. The lowest BCUT2D eigenvalue weighted by molar-refractivity contribution is -0.111. The number of carbonyl (C=O) groups excluding carboxylic acids is 1. The Kier molecular flexibility index (Phi) is 10.3. The molecule has 31 heavy (non-hydrogen) atoms. The number of methoxy groups -OCH3 is 1. The minimum absolute atomic E-state index is 0.168. The normalized spacial score (nSPS) is 11.2. The second kappa shape index (κ2) is 13.0. The summed E-state index contributed by atoms with van der Waals surface area (Å²) < 4.78 is 25.1. The highest BCUT2D eigenvalue weighted by atomic mass is 35.5. The number of rotatable bonds is 12. The van der Waals surface area contributed by atoms with Crippen LogP contribution in [0.5, 0.6) is 11.5 Å². The molecular formula is C24H30ClFN2O3. The van der Waals surface area contributed by atoms with E-state index in [9.17, 15) is 9.18 Å². The molecule has 2 aromatic rings. The number of carbonyl (C=O) groups is 1. The predicted molar refractivity (Wildman–Crippen MR) is 125 cm³/mol. The van der Waals surface area contributed by atoms with Crippen molar-refractivity contribution in [3.05, 3.63) is 58.9 Å². The molecule has 0 radical (unpaired) electrons. The molecule has 0 spiro atoms. The molecule has 1 amide bonds. The van der Waals surface area contributed by atoms with Crippen LogP contribution in [-0.2, 0) is 4.79 Å². The Morgan fingerprint density at radius 2 is 1.87 bits per heavy atom. The zero-order valence-corrected chi connectivity index (χ0v) is 19.0. The van der Waals surface area contributed by atoms with Crippen LogP contribution in [0.2, 0.25) is 5.02 Å². The molecule has 0 bridgehead atoms. The molecule has 0 saturated carbocycles. The zero-order valence-electron chi connectivity index (χ0n) is 18.3. The van der Waals surface area contributed by atoms with Crippen LogP contribution in [0.25, 0.3) is 6.08 Å². The average Bonchev–Trinajstić information content (AvgIpc) is 2.74. The lowest BCUT2D eigenvalue weighted by Gasteiger charge is -2.21. The molecule has 0 aromatic heterocycles. The number of hydrogen-bond donors (Lipinski definition) is 1. The van der Waals surface area contributed by atoms with Gasteiger partial charge in [-0.1, -0.05) is 31.5 Å². The van der Waals surface area contributed by atoms with E-state index in [0.717, 1.165) is 32.5 Å². The number of nitrogens with zero attached hydrogens (tertiary/aromatic N) is 1. The molecule has 0 saturated heterocycles. The Bertz CT molecular complexity index is 863. The number of anilines is 1. The smallest absolute Gasteiger partial charge is 0.248 e. The van der Waals surface area contributed by atoms with E-state index in [1.165, 1.54) is 24.3 Å². The number of nitrogens with one attached hydrogen (secondary N) is 1. The van der Waals surface area contributed by atoms with E-state index in [1.807, 2.05) is 0 Å². The third-order valence-corrected chi connectivity index (χ3v) is 4.91. The SMILES string of the molecule is CCCN(CCC)CCOc1cc(NC(=O)C=Cc2c(F)cccc2Cl)ccc1OC. The van der Waals surface area contributed by atoms with Gasteiger partial charge in [0.2, 0.25) is 5.91 Å². The van der Waals surface area contributed by atoms with Crippen LogP contribution in [0.15, 0.2) is 42.5 Å². The Hall–Kier alpha value is -2.57. The molecule has 0 aliphatic rings. The van der Waals surface area contributed by atoms with Gasteiger partial charge >= 0.3 is 0 Å². The first-order chi connectivity index (χ1) is 15.0. The van der Waals surface area contributed by atoms with Crippen molar-refractivity contribution in [1.29, 1.82) is 0 Å². The Balaban J connectivity index is 2.02. The fourth-order valence-electron chi connectivity index (χ4n) is 3.13. The van der Waals surface area contributed by atoms with Crippen molar-refractivity contribution in [3.8, 4) is 11.5 Å². The van der Waals surface area contributed by atoms with E-state index in [-0.39, 0.29) is 10.6 Å². The Morgan fingerprint density at radius 1 is 1.13 bits per heavy atom. The Morgan fingerprint density at radius 3 is 2.52 bits per heavy atom. The second-order valence-electron chi connectivity index (χ2n) is 7.01. The molecular weight excluding hydrogens is 419 g/mol. The number of hydrogen-bond acceptors (Lipinski definition) is 4. The highest BCUT2D eigenvalue weighted by Crippen LogP contribution is 2.30. The van der Waals surface area contributed by atoms with Gasteiger partial charge in [0.05, 0.1) is 12.1 Å². The minimum Gasteiger partial charge on any atom is -0.493 e. The summed E-state index contributed by atoms with van der Waals surface area (Å²) >= 11 is 5.98. The van der Waals surface area contributed by atoms with Crippen molar-refractivity contribution in [2.45, 2.75) is 26.7 Å². The summed E-state index contributed by atoms with van der Waals surface area (Å²) in [6.07, 6.45) is 4.78. The molecule has 7 heteroatoms.